The summed E-state index contributed by atoms with van der Waals surface area (Å²) >= 11 is 3.50. The van der Waals surface area contributed by atoms with Gasteiger partial charge in [0.15, 0.2) is 11.5 Å². The second-order valence-corrected chi connectivity index (χ2v) is 9.78. The molecule has 2 aromatic rings. The number of nitrogens with zero attached hydrogens (tertiary/aromatic N) is 1. The van der Waals surface area contributed by atoms with Gasteiger partial charge in [-0.05, 0) is 61.6 Å². The van der Waals surface area contributed by atoms with Crippen LogP contribution in [0.4, 0.5) is 0 Å². The van der Waals surface area contributed by atoms with Gasteiger partial charge in [0.1, 0.15) is 6.04 Å². The molecule has 0 aliphatic heterocycles. The van der Waals surface area contributed by atoms with Crippen LogP contribution in [0.3, 0.4) is 0 Å². The lowest BCUT2D eigenvalue weighted by atomic mass is 9.95. The standard InChI is InChI=1S/C27H35BrN2O4/c1-19(27(32)29-23-10-5-4-6-11-23)30(18-21-8-7-9-22(28)16-21)26(31)15-13-20-12-14-24(33-2)25(17-20)34-3/h7-9,12,14,16-17,19,23H,4-6,10-11,13,15,18H2,1-3H3,(H,29,32)/t19-/m0/s1. The minimum atomic E-state index is -0.557. The Kier molecular flexibility index (Phi) is 9.81. The third kappa shape index (κ3) is 7.23. The molecule has 7 heteroatoms. The molecule has 1 aliphatic rings. The Bertz CT molecular complexity index is 975. The molecule has 2 aromatic carbocycles. The van der Waals surface area contributed by atoms with E-state index in [-0.39, 0.29) is 17.9 Å². The predicted molar refractivity (Wildman–Crippen MR) is 137 cm³/mol. The molecule has 0 saturated heterocycles. The van der Waals surface area contributed by atoms with E-state index < -0.39 is 6.04 Å². The average Bonchev–Trinajstić information content (AvgIpc) is 2.85. The summed E-state index contributed by atoms with van der Waals surface area (Å²) in [5, 5.41) is 3.18. The number of rotatable bonds is 10. The number of amides is 2. The van der Waals surface area contributed by atoms with E-state index in [0.29, 0.717) is 30.9 Å². The van der Waals surface area contributed by atoms with Gasteiger partial charge in [-0.3, -0.25) is 9.59 Å². The molecule has 2 amide bonds. The first kappa shape index (κ1) is 26.1. The number of aryl methyl sites for hydroxylation is 1. The summed E-state index contributed by atoms with van der Waals surface area (Å²) in [5.74, 6) is 1.16. The van der Waals surface area contributed by atoms with Crippen LogP contribution in [0.5, 0.6) is 11.5 Å². The second kappa shape index (κ2) is 12.8. The van der Waals surface area contributed by atoms with Crippen molar-refractivity contribution < 1.29 is 19.1 Å². The lowest BCUT2D eigenvalue weighted by molar-refractivity contribution is -0.141. The van der Waals surface area contributed by atoms with Gasteiger partial charge in [0, 0.05) is 23.5 Å². The fourth-order valence-electron chi connectivity index (χ4n) is 4.41. The Balaban J connectivity index is 1.72. The monoisotopic (exact) mass is 530 g/mol. The average molecular weight is 531 g/mol. The molecule has 3 rings (SSSR count). The van der Waals surface area contributed by atoms with E-state index in [1.807, 2.05) is 49.4 Å². The molecular weight excluding hydrogens is 496 g/mol. The highest BCUT2D eigenvalue weighted by atomic mass is 79.9. The van der Waals surface area contributed by atoms with E-state index in [9.17, 15) is 9.59 Å². The molecule has 1 aliphatic carbocycles. The van der Waals surface area contributed by atoms with E-state index in [2.05, 4.69) is 21.2 Å². The molecule has 0 unspecified atom stereocenters. The summed E-state index contributed by atoms with van der Waals surface area (Å²) in [5.41, 5.74) is 1.96. The number of ether oxygens (including phenoxy) is 2. The van der Waals surface area contributed by atoms with Crippen LogP contribution in [-0.2, 0) is 22.6 Å². The van der Waals surface area contributed by atoms with Crippen molar-refractivity contribution >= 4 is 27.7 Å². The number of hydrogen-bond acceptors (Lipinski definition) is 4. The maximum atomic E-state index is 13.4. The number of methoxy groups -OCH3 is 2. The van der Waals surface area contributed by atoms with Crippen molar-refractivity contribution in [2.24, 2.45) is 0 Å². The Labute approximate surface area is 211 Å². The maximum Gasteiger partial charge on any atom is 0.242 e. The van der Waals surface area contributed by atoms with Gasteiger partial charge in [0.05, 0.1) is 14.2 Å². The van der Waals surface area contributed by atoms with Gasteiger partial charge in [-0.25, -0.2) is 0 Å². The Hall–Kier alpha value is -2.54. The van der Waals surface area contributed by atoms with E-state index in [1.54, 1.807) is 19.1 Å². The highest BCUT2D eigenvalue weighted by molar-refractivity contribution is 9.10. The topological polar surface area (TPSA) is 67.9 Å². The van der Waals surface area contributed by atoms with Crippen LogP contribution in [0.15, 0.2) is 46.9 Å². The molecular formula is C27H35BrN2O4. The molecule has 0 spiro atoms. The van der Waals surface area contributed by atoms with Crippen molar-refractivity contribution in [3.05, 3.63) is 58.1 Å². The number of halogens is 1. The highest BCUT2D eigenvalue weighted by Crippen LogP contribution is 2.28. The summed E-state index contributed by atoms with van der Waals surface area (Å²) < 4.78 is 11.6. The van der Waals surface area contributed by atoms with E-state index in [1.165, 1.54) is 6.42 Å². The molecule has 1 atom stereocenters. The smallest absolute Gasteiger partial charge is 0.242 e. The number of benzene rings is 2. The molecule has 1 fully saturated rings. The van der Waals surface area contributed by atoms with Crippen LogP contribution in [0.2, 0.25) is 0 Å². The minimum absolute atomic E-state index is 0.0546. The molecule has 34 heavy (non-hydrogen) atoms. The van der Waals surface area contributed by atoms with Gasteiger partial charge in [-0.15, -0.1) is 0 Å². The summed E-state index contributed by atoms with van der Waals surface area (Å²) in [7, 11) is 3.19. The van der Waals surface area contributed by atoms with Crippen molar-refractivity contribution in [3.8, 4) is 11.5 Å². The molecule has 0 radical (unpaired) electrons. The van der Waals surface area contributed by atoms with Crippen LogP contribution < -0.4 is 14.8 Å². The molecule has 184 valence electrons. The van der Waals surface area contributed by atoms with Crippen LogP contribution >= 0.6 is 15.9 Å². The van der Waals surface area contributed by atoms with E-state index in [4.69, 9.17) is 9.47 Å². The Morgan fingerprint density at radius 2 is 1.76 bits per heavy atom. The molecule has 6 nitrogen and oxygen atoms in total. The first-order valence-electron chi connectivity index (χ1n) is 12.0. The highest BCUT2D eigenvalue weighted by Gasteiger charge is 2.28. The predicted octanol–water partition coefficient (Wildman–Crippen LogP) is 5.27. The lowest BCUT2D eigenvalue weighted by Gasteiger charge is -2.31. The van der Waals surface area contributed by atoms with Crippen LogP contribution in [0, 0.1) is 0 Å². The summed E-state index contributed by atoms with van der Waals surface area (Å²) in [6.07, 6.45) is 6.38. The van der Waals surface area contributed by atoms with E-state index in [0.717, 1.165) is 41.3 Å². The zero-order chi connectivity index (χ0) is 24.5. The van der Waals surface area contributed by atoms with Crippen molar-refractivity contribution in [2.45, 2.75) is 70.5 Å². The molecule has 0 bridgehead atoms. The normalized spacial score (nSPS) is 14.8. The summed E-state index contributed by atoms with van der Waals surface area (Å²) in [6.45, 7) is 2.20. The minimum Gasteiger partial charge on any atom is -0.493 e. The second-order valence-electron chi connectivity index (χ2n) is 8.86. The Morgan fingerprint density at radius 1 is 1.03 bits per heavy atom. The summed E-state index contributed by atoms with van der Waals surface area (Å²) in [4.78, 5) is 28.2. The third-order valence-electron chi connectivity index (χ3n) is 6.44. The van der Waals surface area contributed by atoms with Crippen LogP contribution in [0.25, 0.3) is 0 Å². The van der Waals surface area contributed by atoms with Crippen molar-refractivity contribution in [1.29, 1.82) is 0 Å². The zero-order valence-electron chi connectivity index (χ0n) is 20.3. The SMILES string of the molecule is COc1ccc(CCC(=O)N(Cc2cccc(Br)c2)[C@@H](C)C(=O)NC2CCCCC2)cc1OC. The first-order valence-corrected chi connectivity index (χ1v) is 12.8. The summed E-state index contributed by atoms with van der Waals surface area (Å²) in [6, 6.07) is 13.2. The zero-order valence-corrected chi connectivity index (χ0v) is 21.9. The molecule has 0 aromatic heterocycles. The largest absolute Gasteiger partial charge is 0.493 e. The van der Waals surface area contributed by atoms with Crippen LogP contribution in [0.1, 0.15) is 56.6 Å². The lowest BCUT2D eigenvalue weighted by Crippen LogP contribution is -2.50. The van der Waals surface area contributed by atoms with Gasteiger partial charge in [0.25, 0.3) is 0 Å². The van der Waals surface area contributed by atoms with Gasteiger partial charge in [-0.2, -0.15) is 0 Å². The third-order valence-corrected chi connectivity index (χ3v) is 6.93. The fraction of sp³-hybridized carbons (Fsp3) is 0.481. The van der Waals surface area contributed by atoms with Gasteiger partial charge >= 0.3 is 0 Å². The molecule has 1 N–H and O–H groups in total. The molecule has 1 saturated carbocycles. The van der Waals surface area contributed by atoms with Crippen molar-refractivity contribution in [1.82, 2.24) is 10.2 Å². The number of hydrogen-bond donors (Lipinski definition) is 1. The van der Waals surface area contributed by atoms with Gasteiger partial charge in [-0.1, -0.05) is 53.4 Å². The Morgan fingerprint density at radius 3 is 2.44 bits per heavy atom. The van der Waals surface area contributed by atoms with E-state index >= 15 is 0 Å². The fourth-order valence-corrected chi connectivity index (χ4v) is 4.86. The first-order chi connectivity index (χ1) is 16.4. The maximum absolute atomic E-state index is 13.4. The number of carbonyl (C=O) groups is 2. The van der Waals surface area contributed by atoms with Crippen molar-refractivity contribution in [2.75, 3.05) is 14.2 Å². The van der Waals surface area contributed by atoms with Crippen molar-refractivity contribution in [3.63, 3.8) is 0 Å². The number of carbonyl (C=O) groups excluding carboxylic acids is 2. The van der Waals surface area contributed by atoms with Gasteiger partial charge < -0.3 is 19.7 Å². The quantitative estimate of drug-likeness (QED) is 0.454. The van der Waals surface area contributed by atoms with Gasteiger partial charge in [0.2, 0.25) is 11.8 Å². The number of nitrogens with one attached hydrogen (secondary N) is 1. The van der Waals surface area contributed by atoms with Crippen LogP contribution in [-0.4, -0.2) is 43.0 Å². The molecule has 0 heterocycles.